The lowest BCUT2D eigenvalue weighted by Crippen LogP contribution is -2.56. The number of rotatable bonds is 3. The van der Waals surface area contributed by atoms with Gasteiger partial charge in [0.25, 0.3) is 0 Å². The van der Waals surface area contributed by atoms with Crippen LogP contribution in [-0.2, 0) is 11.2 Å². The van der Waals surface area contributed by atoms with E-state index in [0.717, 1.165) is 32.4 Å². The van der Waals surface area contributed by atoms with Crippen molar-refractivity contribution in [2.75, 3.05) is 24.6 Å². The summed E-state index contributed by atoms with van der Waals surface area (Å²) in [5, 5.41) is 12.1. The molecule has 4 heterocycles. The molecule has 6 nitrogen and oxygen atoms in total. The number of anilines is 1. The Labute approximate surface area is 201 Å². The van der Waals surface area contributed by atoms with Crippen LogP contribution in [0.1, 0.15) is 37.6 Å². The first kappa shape index (κ1) is 22.1. The van der Waals surface area contributed by atoms with Crippen LogP contribution in [0.15, 0.2) is 30.5 Å². The van der Waals surface area contributed by atoms with Gasteiger partial charge in [-0.1, -0.05) is 13.0 Å². The molecule has 2 fully saturated rings. The Morgan fingerprint density at radius 2 is 2.00 bits per heavy atom. The molecule has 180 valence electrons. The van der Waals surface area contributed by atoms with E-state index in [9.17, 15) is 9.50 Å². The highest BCUT2D eigenvalue weighted by atomic mass is 19.1. The lowest BCUT2D eigenvalue weighted by atomic mass is 9.86. The number of ether oxygens (including phenoxy) is 1. The van der Waals surface area contributed by atoms with E-state index in [-0.39, 0.29) is 28.4 Å². The minimum absolute atomic E-state index is 0.0280. The summed E-state index contributed by atoms with van der Waals surface area (Å²) in [6, 6.07) is 5.95. The lowest BCUT2D eigenvalue weighted by molar-refractivity contribution is -0.151. The molecule has 6 rings (SSSR count). The summed E-state index contributed by atoms with van der Waals surface area (Å²) in [7, 11) is 0. The Kier molecular flexibility index (Phi) is 5.11. The van der Waals surface area contributed by atoms with E-state index in [0.29, 0.717) is 51.9 Å². The van der Waals surface area contributed by atoms with Gasteiger partial charge in [0.15, 0.2) is 5.82 Å². The lowest BCUT2D eigenvalue weighted by Gasteiger charge is -2.48. The second kappa shape index (κ2) is 8.09. The van der Waals surface area contributed by atoms with Gasteiger partial charge < -0.3 is 14.7 Å². The Hall–Kier alpha value is -3.39. The highest BCUT2D eigenvalue weighted by Crippen LogP contribution is 2.40. The number of hydrogen-bond acceptors (Lipinski definition) is 6. The number of benzene rings is 2. The molecule has 35 heavy (non-hydrogen) atoms. The number of halogens is 2. The molecule has 1 spiro atoms. The zero-order valence-electron chi connectivity index (χ0n) is 19.7. The number of phenols is 1. The van der Waals surface area contributed by atoms with Crippen LogP contribution in [0.3, 0.4) is 0 Å². The van der Waals surface area contributed by atoms with E-state index in [2.05, 4.69) is 19.9 Å². The minimum Gasteiger partial charge on any atom is -0.508 e. The molecule has 2 aliphatic rings. The summed E-state index contributed by atoms with van der Waals surface area (Å²) in [6.45, 7) is 5.87. The van der Waals surface area contributed by atoms with Crippen LogP contribution in [0.25, 0.3) is 32.9 Å². The number of aromatic nitrogens is 3. The monoisotopic (exact) mass is 476 g/mol. The summed E-state index contributed by atoms with van der Waals surface area (Å²) >= 11 is 0. The Morgan fingerprint density at radius 1 is 1.17 bits per heavy atom. The fourth-order valence-corrected chi connectivity index (χ4v) is 5.60. The first-order valence-corrected chi connectivity index (χ1v) is 12.1. The smallest absolute Gasteiger partial charge is 0.175 e. The fourth-order valence-electron chi connectivity index (χ4n) is 5.60. The number of pyridine rings is 1. The molecule has 1 atom stereocenters. The van der Waals surface area contributed by atoms with Crippen molar-refractivity contribution < 1.29 is 18.6 Å². The largest absolute Gasteiger partial charge is 0.508 e. The Balaban J connectivity index is 1.55. The maximum Gasteiger partial charge on any atom is 0.175 e. The molecule has 0 bridgehead atoms. The molecule has 0 amide bonds. The summed E-state index contributed by atoms with van der Waals surface area (Å²) in [5.41, 5.74) is 0.847. The van der Waals surface area contributed by atoms with Crippen molar-refractivity contribution in [3.8, 4) is 17.0 Å². The van der Waals surface area contributed by atoms with Gasteiger partial charge in [0.1, 0.15) is 34.4 Å². The number of aromatic hydroxyl groups is 1. The van der Waals surface area contributed by atoms with Gasteiger partial charge in [0.2, 0.25) is 0 Å². The topological polar surface area (TPSA) is 71.4 Å². The van der Waals surface area contributed by atoms with Gasteiger partial charge in [-0.15, -0.1) is 0 Å². The summed E-state index contributed by atoms with van der Waals surface area (Å²) in [5.74, 6) is 0.0888. The van der Waals surface area contributed by atoms with E-state index < -0.39 is 5.82 Å². The van der Waals surface area contributed by atoms with Crippen molar-refractivity contribution in [3.63, 3.8) is 0 Å². The second-order valence-corrected chi connectivity index (χ2v) is 9.56. The highest BCUT2D eigenvalue weighted by molar-refractivity contribution is 6.01. The van der Waals surface area contributed by atoms with E-state index in [1.807, 2.05) is 6.92 Å². The van der Waals surface area contributed by atoms with Gasteiger partial charge in [-0.2, -0.15) is 0 Å². The van der Waals surface area contributed by atoms with Gasteiger partial charge in [0.05, 0.1) is 17.6 Å². The molecular formula is C27H26F2N4O2. The summed E-state index contributed by atoms with van der Waals surface area (Å²) in [6.07, 6.45) is 5.01. The van der Waals surface area contributed by atoms with Crippen molar-refractivity contribution in [1.29, 1.82) is 0 Å². The zero-order valence-corrected chi connectivity index (χ0v) is 19.7. The standard InChI is InChI=1S/C27H26F2N4O2/c1-3-18-21(28)6-5-16-11-17(34)12-19(22(16)18)24-23(29)25-20(13-30-24)26(32-15(2)31-25)33-9-4-7-27(14-33)8-10-35-27/h5-6,11-13,34H,3-4,7-10,14H2,1-2H3. The highest BCUT2D eigenvalue weighted by Gasteiger charge is 2.42. The maximum atomic E-state index is 16.1. The Bertz CT molecular complexity index is 1490. The molecule has 0 aliphatic carbocycles. The van der Waals surface area contributed by atoms with E-state index >= 15 is 4.39 Å². The van der Waals surface area contributed by atoms with Crippen molar-refractivity contribution in [2.24, 2.45) is 0 Å². The van der Waals surface area contributed by atoms with Crippen LogP contribution in [0.5, 0.6) is 5.75 Å². The van der Waals surface area contributed by atoms with Crippen LogP contribution < -0.4 is 4.90 Å². The molecule has 2 aromatic carbocycles. The summed E-state index contributed by atoms with van der Waals surface area (Å²) < 4.78 is 36.7. The normalized spacial score (nSPS) is 20.1. The van der Waals surface area contributed by atoms with E-state index in [1.165, 1.54) is 12.1 Å². The third kappa shape index (κ3) is 3.50. The number of aryl methyl sites for hydroxylation is 2. The summed E-state index contributed by atoms with van der Waals surface area (Å²) in [4.78, 5) is 15.7. The minimum atomic E-state index is -0.612. The zero-order chi connectivity index (χ0) is 24.3. The molecular weight excluding hydrogens is 450 g/mol. The average Bonchev–Trinajstić information content (AvgIpc) is 2.83. The van der Waals surface area contributed by atoms with Crippen molar-refractivity contribution in [3.05, 3.63) is 53.5 Å². The third-order valence-electron chi connectivity index (χ3n) is 7.34. The molecule has 1 N–H and O–H groups in total. The second-order valence-electron chi connectivity index (χ2n) is 9.56. The molecule has 0 saturated carbocycles. The Morgan fingerprint density at radius 3 is 2.74 bits per heavy atom. The van der Waals surface area contributed by atoms with Gasteiger partial charge in [0, 0.05) is 31.3 Å². The predicted molar refractivity (Wildman–Crippen MR) is 131 cm³/mol. The number of phenolic OH excluding ortho intramolecular Hbond substituents is 1. The van der Waals surface area contributed by atoms with Crippen LogP contribution in [0.2, 0.25) is 0 Å². The van der Waals surface area contributed by atoms with Crippen molar-refractivity contribution in [2.45, 2.75) is 45.1 Å². The first-order chi connectivity index (χ1) is 16.9. The predicted octanol–water partition coefficient (Wildman–Crippen LogP) is 5.46. The molecule has 8 heteroatoms. The molecule has 4 aromatic rings. The molecule has 2 saturated heterocycles. The van der Waals surface area contributed by atoms with Gasteiger partial charge in [-0.05, 0) is 60.7 Å². The van der Waals surface area contributed by atoms with Crippen LogP contribution in [-0.4, -0.2) is 45.4 Å². The number of piperidine rings is 1. The third-order valence-corrected chi connectivity index (χ3v) is 7.34. The SMILES string of the molecule is CCc1c(F)ccc2cc(O)cc(-c3ncc4c(N5CCCC6(CCO6)C5)nc(C)nc4c3F)c12. The molecule has 2 aromatic heterocycles. The van der Waals surface area contributed by atoms with Gasteiger partial charge in [-0.25, -0.2) is 18.7 Å². The molecule has 0 radical (unpaired) electrons. The van der Waals surface area contributed by atoms with Gasteiger partial charge in [-0.3, -0.25) is 4.98 Å². The van der Waals surface area contributed by atoms with Crippen molar-refractivity contribution in [1.82, 2.24) is 15.0 Å². The van der Waals surface area contributed by atoms with Gasteiger partial charge >= 0.3 is 0 Å². The molecule has 1 unspecified atom stereocenters. The number of nitrogens with zero attached hydrogens (tertiary/aromatic N) is 4. The van der Waals surface area contributed by atoms with Crippen LogP contribution >= 0.6 is 0 Å². The van der Waals surface area contributed by atoms with E-state index in [4.69, 9.17) is 4.74 Å². The van der Waals surface area contributed by atoms with Crippen molar-refractivity contribution >= 4 is 27.5 Å². The first-order valence-electron chi connectivity index (χ1n) is 12.1. The molecule has 2 aliphatic heterocycles. The maximum absolute atomic E-state index is 16.1. The van der Waals surface area contributed by atoms with Crippen LogP contribution in [0, 0.1) is 18.6 Å². The number of fused-ring (bicyclic) bond motifs is 2. The average molecular weight is 477 g/mol. The fraction of sp³-hybridized carbons (Fsp3) is 0.370. The quantitative estimate of drug-likeness (QED) is 0.424. The number of hydrogen-bond donors (Lipinski definition) is 1. The van der Waals surface area contributed by atoms with Crippen LogP contribution in [0.4, 0.5) is 14.6 Å². The van der Waals surface area contributed by atoms with E-state index in [1.54, 1.807) is 25.3 Å².